The summed E-state index contributed by atoms with van der Waals surface area (Å²) in [5, 5.41) is 1.58. The molecule has 0 unspecified atom stereocenters. The van der Waals surface area contributed by atoms with E-state index in [1.54, 1.807) is 0 Å². The van der Waals surface area contributed by atoms with Crippen molar-refractivity contribution in [3.8, 4) is 0 Å². The molecule has 0 bridgehead atoms. The van der Waals surface area contributed by atoms with Gasteiger partial charge in [-0.3, -0.25) is 0 Å². The number of nitrogens with zero attached hydrogens (tertiary/aromatic N) is 1. The van der Waals surface area contributed by atoms with Gasteiger partial charge in [-0.15, -0.1) is 12.4 Å². The zero-order valence-corrected chi connectivity index (χ0v) is 15.3. The maximum absolute atomic E-state index is 5.96. The topological polar surface area (TPSA) is 3.24 Å². The van der Waals surface area contributed by atoms with E-state index in [2.05, 4.69) is 43.3 Å². The van der Waals surface area contributed by atoms with Gasteiger partial charge in [-0.2, -0.15) is 0 Å². The minimum atomic E-state index is 0. The van der Waals surface area contributed by atoms with Crippen molar-refractivity contribution >= 4 is 35.6 Å². The summed E-state index contributed by atoms with van der Waals surface area (Å²) in [5.74, 6) is 0.572. The van der Waals surface area contributed by atoms with E-state index in [9.17, 15) is 0 Å². The van der Waals surface area contributed by atoms with Crippen molar-refractivity contribution < 1.29 is 0 Å². The Morgan fingerprint density at radius 3 is 1.45 bits per heavy atom. The number of rotatable bonds is 6. The van der Waals surface area contributed by atoms with Gasteiger partial charge in [0.2, 0.25) is 0 Å². The van der Waals surface area contributed by atoms with Gasteiger partial charge in [0.15, 0.2) is 0 Å². The van der Waals surface area contributed by atoms with Gasteiger partial charge in [-0.1, -0.05) is 47.5 Å². The van der Waals surface area contributed by atoms with Crippen molar-refractivity contribution in [1.29, 1.82) is 0 Å². The minimum Gasteiger partial charge on any atom is -0.309 e. The summed E-state index contributed by atoms with van der Waals surface area (Å²) < 4.78 is 0. The molecular formula is C18H22Cl3N. The summed E-state index contributed by atoms with van der Waals surface area (Å²) in [7, 11) is 4.24. The molecule has 0 atom stereocenters. The van der Waals surface area contributed by atoms with Gasteiger partial charge in [-0.05, 0) is 68.2 Å². The molecule has 0 aliphatic carbocycles. The molecule has 0 saturated carbocycles. The Morgan fingerprint density at radius 2 is 1.14 bits per heavy atom. The monoisotopic (exact) mass is 357 g/mol. The summed E-state index contributed by atoms with van der Waals surface area (Å²) in [4.78, 5) is 2.25. The normalized spacial score (nSPS) is 10.8. The third-order valence-corrected chi connectivity index (χ3v) is 4.00. The minimum absolute atomic E-state index is 0. The Hall–Kier alpha value is -0.730. The molecule has 0 amide bonds. The van der Waals surface area contributed by atoms with Gasteiger partial charge in [0.25, 0.3) is 0 Å². The predicted molar refractivity (Wildman–Crippen MR) is 99.6 cm³/mol. The van der Waals surface area contributed by atoms with Crippen molar-refractivity contribution in [3.05, 3.63) is 69.7 Å². The molecule has 4 heteroatoms. The van der Waals surface area contributed by atoms with Crippen molar-refractivity contribution in [1.82, 2.24) is 4.90 Å². The van der Waals surface area contributed by atoms with Gasteiger partial charge < -0.3 is 4.90 Å². The summed E-state index contributed by atoms with van der Waals surface area (Å²) >= 11 is 11.9. The lowest BCUT2D eigenvalue weighted by molar-refractivity contribution is 0.321. The first kappa shape index (κ1) is 19.3. The van der Waals surface area contributed by atoms with E-state index in [-0.39, 0.29) is 12.4 Å². The van der Waals surface area contributed by atoms with Crippen molar-refractivity contribution in [3.63, 3.8) is 0 Å². The van der Waals surface area contributed by atoms with Crippen LogP contribution in [0.2, 0.25) is 10.0 Å². The zero-order valence-electron chi connectivity index (χ0n) is 12.9. The Labute approximate surface area is 149 Å². The van der Waals surface area contributed by atoms with Crippen LogP contribution in [-0.2, 0) is 12.8 Å². The number of halogens is 3. The summed E-state index contributed by atoms with van der Waals surface area (Å²) in [6, 6.07) is 16.3. The Morgan fingerprint density at radius 1 is 0.773 bits per heavy atom. The van der Waals surface area contributed by atoms with Crippen LogP contribution in [0.5, 0.6) is 0 Å². The van der Waals surface area contributed by atoms with Gasteiger partial charge in [-0.25, -0.2) is 0 Å². The Kier molecular flexibility index (Phi) is 8.27. The van der Waals surface area contributed by atoms with Crippen LogP contribution in [0.1, 0.15) is 11.1 Å². The third kappa shape index (κ3) is 6.58. The molecule has 0 N–H and O–H groups in total. The van der Waals surface area contributed by atoms with Crippen LogP contribution in [-0.4, -0.2) is 25.5 Å². The molecule has 0 fully saturated rings. The average Bonchev–Trinajstić information content (AvgIpc) is 2.43. The smallest absolute Gasteiger partial charge is 0.0406 e. The first-order chi connectivity index (χ1) is 10.0. The highest BCUT2D eigenvalue weighted by atomic mass is 35.5. The van der Waals surface area contributed by atoms with Crippen LogP contribution in [0, 0.1) is 5.92 Å². The van der Waals surface area contributed by atoms with Crippen LogP contribution < -0.4 is 0 Å². The second kappa shape index (κ2) is 9.42. The fourth-order valence-electron chi connectivity index (χ4n) is 2.63. The lowest BCUT2D eigenvalue weighted by Gasteiger charge is -2.21. The molecule has 0 spiro atoms. The Balaban J connectivity index is 0.00000242. The molecule has 0 aromatic heterocycles. The highest BCUT2D eigenvalue weighted by molar-refractivity contribution is 6.30. The first-order valence-corrected chi connectivity index (χ1v) is 7.92. The maximum Gasteiger partial charge on any atom is 0.0406 e. The average molecular weight is 359 g/mol. The summed E-state index contributed by atoms with van der Waals surface area (Å²) in [6.07, 6.45) is 2.11. The van der Waals surface area contributed by atoms with E-state index in [1.807, 2.05) is 24.3 Å². The fraction of sp³-hybridized carbons (Fsp3) is 0.333. The molecule has 0 heterocycles. The SMILES string of the molecule is CN(C)CC(Cc1ccc(Cl)cc1)Cc1ccc(Cl)cc1.Cl. The second-order valence-corrected chi connectivity index (χ2v) is 6.66. The van der Waals surface area contributed by atoms with E-state index < -0.39 is 0 Å². The summed E-state index contributed by atoms with van der Waals surface area (Å²) in [6.45, 7) is 1.06. The van der Waals surface area contributed by atoms with Crippen molar-refractivity contribution in [2.24, 2.45) is 5.92 Å². The molecule has 120 valence electrons. The van der Waals surface area contributed by atoms with Crippen LogP contribution in [0.3, 0.4) is 0 Å². The molecule has 0 radical (unpaired) electrons. The van der Waals surface area contributed by atoms with E-state index in [4.69, 9.17) is 23.2 Å². The standard InChI is InChI=1S/C18H21Cl2N.ClH/c1-21(2)13-16(11-14-3-7-17(19)8-4-14)12-15-5-9-18(20)10-6-15;/h3-10,16H,11-13H2,1-2H3;1H. The predicted octanol–water partition coefficient (Wildman–Crippen LogP) is 5.38. The number of hydrogen-bond donors (Lipinski definition) is 0. The summed E-state index contributed by atoms with van der Waals surface area (Å²) in [5.41, 5.74) is 2.67. The van der Waals surface area contributed by atoms with Crippen LogP contribution in [0.15, 0.2) is 48.5 Å². The van der Waals surface area contributed by atoms with E-state index in [0.717, 1.165) is 29.4 Å². The van der Waals surface area contributed by atoms with Gasteiger partial charge >= 0.3 is 0 Å². The van der Waals surface area contributed by atoms with E-state index in [0.29, 0.717) is 5.92 Å². The number of benzene rings is 2. The van der Waals surface area contributed by atoms with Crippen LogP contribution in [0.25, 0.3) is 0 Å². The number of hydrogen-bond acceptors (Lipinski definition) is 1. The lowest BCUT2D eigenvalue weighted by atomic mass is 9.92. The highest BCUT2D eigenvalue weighted by Gasteiger charge is 2.12. The maximum atomic E-state index is 5.96. The fourth-order valence-corrected chi connectivity index (χ4v) is 2.88. The molecule has 2 aromatic carbocycles. The molecule has 2 rings (SSSR count). The first-order valence-electron chi connectivity index (χ1n) is 7.16. The third-order valence-electron chi connectivity index (χ3n) is 3.50. The Bertz CT molecular complexity index is 502. The van der Waals surface area contributed by atoms with Crippen molar-refractivity contribution in [2.75, 3.05) is 20.6 Å². The van der Waals surface area contributed by atoms with Gasteiger partial charge in [0.05, 0.1) is 0 Å². The van der Waals surface area contributed by atoms with E-state index >= 15 is 0 Å². The van der Waals surface area contributed by atoms with Crippen LogP contribution >= 0.6 is 35.6 Å². The second-order valence-electron chi connectivity index (χ2n) is 5.79. The zero-order chi connectivity index (χ0) is 15.2. The highest BCUT2D eigenvalue weighted by Crippen LogP contribution is 2.19. The molecular weight excluding hydrogens is 337 g/mol. The molecule has 2 aromatic rings. The van der Waals surface area contributed by atoms with Gasteiger partial charge in [0, 0.05) is 16.6 Å². The molecule has 0 saturated heterocycles. The molecule has 1 nitrogen and oxygen atoms in total. The quantitative estimate of drug-likeness (QED) is 0.670. The molecule has 22 heavy (non-hydrogen) atoms. The molecule has 0 aliphatic rings. The van der Waals surface area contributed by atoms with Gasteiger partial charge in [0.1, 0.15) is 0 Å². The van der Waals surface area contributed by atoms with Crippen LogP contribution in [0.4, 0.5) is 0 Å². The van der Waals surface area contributed by atoms with E-state index in [1.165, 1.54) is 11.1 Å². The largest absolute Gasteiger partial charge is 0.309 e. The van der Waals surface area contributed by atoms with Crippen molar-refractivity contribution in [2.45, 2.75) is 12.8 Å². The lowest BCUT2D eigenvalue weighted by Crippen LogP contribution is -2.25. The molecule has 0 aliphatic heterocycles.